The van der Waals surface area contributed by atoms with Gasteiger partial charge in [-0.25, -0.2) is 12.8 Å². The van der Waals surface area contributed by atoms with E-state index in [9.17, 15) is 12.8 Å². The lowest BCUT2D eigenvalue weighted by Crippen LogP contribution is -1.99. The zero-order valence-electron chi connectivity index (χ0n) is 2.94. The molecule has 0 aromatic carbocycles. The molecule has 0 aliphatic carbocycles. The Labute approximate surface area is 49.6 Å². The fraction of sp³-hybridized carbons (Fsp3) is 1.00. The minimum absolute atomic E-state index is 2.49. The molecule has 0 aromatic rings. The SMILES string of the molecule is O=S(=O)(Cl)C(F)Cl. The molecule has 0 aromatic heterocycles. The van der Waals surface area contributed by atoms with Gasteiger partial charge in [0, 0.05) is 10.7 Å². The van der Waals surface area contributed by atoms with Crippen molar-refractivity contribution in [2.24, 2.45) is 0 Å². The maximum Gasteiger partial charge on any atom is 0.288 e. The molecule has 6 heteroatoms. The molecule has 0 N–H and O–H groups in total. The van der Waals surface area contributed by atoms with Crippen LogP contribution in [-0.2, 0) is 9.05 Å². The van der Waals surface area contributed by atoms with E-state index in [1.54, 1.807) is 0 Å². The van der Waals surface area contributed by atoms with Gasteiger partial charge in [-0.2, -0.15) is 0 Å². The van der Waals surface area contributed by atoms with Gasteiger partial charge in [0.05, 0.1) is 0 Å². The molecule has 1 atom stereocenters. The van der Waals surface area contributed by atoms with Gasteiger partial charge in [0.25, 0.3) is 14.0 Å². The predicted octanol–water partition coefficient (Wildman–Crippen LogP) is 1.05. The van der Waals surface area contributed by atoms with Crippen LogP contribution in [0.25, 0.3) is 0 Å². The van der Waals surface area contributed by atoms with Gasteiger partial charge < -0.3 is 0 Å². The van der Waals surface area contributed by atoms with Crippen molar-refractivity contribution in [3.05, 3.63) is 0 Å². The summed E-state index contributed by atoms with van der Waals surface area (Å²) in [6.07, 6.45) is 0. The first-order valence-electron chi connectivity index (χ1n) is 1.16. The van der Waals surface area contributed by atoms with E-state index >= 15 is 0 Å². The second kappa shape index (κ2) is 2.15. The summed E-state index contributed by atoms with van der Waals surface area (Å²) in [4.78, 5) is -2.49. The Kier molecular flexibility index (Phi) is 2.29. The molecular formula is CHCl2FO2S. The van der Waals surface area contributed by atoms with Crippen LogP contribution in [0.2, 0.25) is 0 Å². The molecule has 0 saturated carbocycles. The maximum absolute atomic E-state index is 11.3. The van der Waals surface area contributed by atoms with Crippen LogP contribution < -0.4 is 0 Å². The third-order valence-corrected chi connectivity index (χ3v) is 2.09. The van der Waals surface area contributed by atoms with E-state index in [1.807, 2.05) is 0 Å². The van der Waals surface area contributed by atoms with E-state index < -0.39 is 14.0 Å². The van der Waals surface area contributed by atoms with Crippen LogP contribution in [0.15, 0.2) is 0 Å². The van der Waals surface area contributed by atoms with Crippen LogP contribution in [0.5, 0.6) is 0 Å². The van der Waals surface area contributed by atoms with Gasteiger partial charge in [0.15, 0.2) is 0 Å². The average molecular weight is 167 g/mol. The number of halogens is 3. The van der Waals surface area contributed by atoms with Gasteiger partial charge in [0.1, 0.15) is 0 Å². The molecule has 0 aliphatic rings. The Morgan fingerprint density at radius 2 is 1.71 bits per heavy atom. The highest BCUT2D eigenvalue weighted by molar-refractivity contribution is 8.14. The molecule has 2 nitrogen and oxygen atoms in total. The molecule has 0 saturated heterocycles. The third-order valence-electron chi connectivity index (χ3n) is 0.213. The lowest BCUT2D eigenvalue weighted by molar-refractivity contribution is 0.514. The first kappa shape index (κ1) is 7.46. The van der Waals surface area contributed by atoms with Crippen LogP contribution in [0.3, 0.4) is 0 Å². The molecule has 0 radical (unpaired) electrons. The number of hydrogen-bond donors (Lipinski definition) is 0. The van der Waals surface area contributed by atoms with Gasteiger partial charge >= 0.3 is 0 Å². The summed E-state index contributed by atoms with van der Waals surface area (Å²) in [6, 6.07) is 0. The molecule has 44 valence electrons. The Hall–Kier alpha value is 0.460. The summed E-state index contributed by atoms with van der Waals surface area (Å²) < 4.78 is 30.4. The standard InChI is InChI=1S/CHCl2FO2S/c2-1(4)7(3,5)6/h1H. The van der Waals surface area contributed by atoms with Crippen molar-refractivity contribution in [1.82, 2.24) is 0 Å². The molecule has 0 spiro atoms. The summed E-state index contributed by atoms with van der Waals surface area (Å²) in [6.45, 7) is 0. The molecule has 0 rings (SSSR count). The van der Waals surface area contributed by atoms with Gasteiger partial charge in [0.2, 0.25) is 0 Å². The predicted molar refractivity (Wildman–Crippen MR) is 25.5 cm³/mol. The highest BCUT2D eigenvalue weighted by Gasteiger charge is 2.17. The zero-order chi connectivity index (χ0) is 6.08. The minimum atomic E-state index is -4.17. The van der Waals surface area contributed by atoms with E-state index in [4.69, 9.17) is 0 Å². The lowest BCUT2D eigenvalue weighted by atomic mass is 11.8. The largest absolute Gasteiger partial charge is 0.288 e. The monoisotopic (exact) mass is 166 g/mol. The average Bonchev–Trinajstić information content (AvgIpc) is 1.31. The topological polar surface area (TPSA) is 34.1 Å². The van der Waals surface area contributed by atoms with Crippen molar-refractivity contribution in [3.8, 4) is 0 Å². The fourth-order valence-electron chi connectivity index (χ4n) is 0. The van der Waals surface area contributed by atoms with Crippen LogP contribution in [0.1, 0.15) is 0 Å². The van der Waals surface area contributed by atoms with Gasteiger partial charge in [-0.05, 0) is 0 Å². The van der Waals surface area contributed by atoms with Crippen LogP contribution in [0.4, 0.5) is 4.39 Å². The highest BCUT2D eigenvalue weighted by atomic mass is 35.7. The van der Waals surface area contributed by atoms with Crippen molar-refractivity contribution in [2.45, 2.75) is 4.96 Å². The Balaban J connectivity index is 4.10. The second-order valence-electron chi connectivity index (χ2n) is 0.736. The molecule has 0 heterocycles. The van der Waals surface area contributed by atoms with E-state index in [2.05, 4.69) is 22.3 Å². The normalized spacial score (nSPS) is 16.4. The highest BCUT2D eigenvalue weighted by Crippen LogP contribution is 2.11. The first-order chi connectivity index (χ1) is 2.94. The van der Waals surface area contributed by atoms with Crippen LogP contribution >= 0.6 is 22.3 Å². The third kappa shape index (κ3) is 3.08. The van der Waals surface area contributed by atoms with Crippen LogP contribution in [0, 0.1) is 0 Å². The molecule has 0 bridgehead atoms. The number of hydrogen-bond acceptors (Lipinski definition) is 2. The van der Waals surface area contributed by atoms with Crippen molar-refractivity contribution >= 4 is 31.3 Å². The quantitative estimate of drug-likeness (QED) is 0.432. The Bertz CT molecular complexity index is 138. The zero-order valence-corrected chi connectivity index (χ0v) is 5.26. The van der Waals surface area contributed by atoms with Gasteiger partial charge in [-0.1, -0.05) is 11.6 Å². The second-order valence-corrected chi connectivity index (χ2v) is 4.03. The van der Waals surface area contributed by atoms with Gasteiger partial charge in [-0.3, -0.25) is 0 Å². The fourth-order valence-corrected chi connectivity index (χ4v) is 0. The van der Waals surface area contributed by atoms with Crippen LogP contribution in [-0.4, -0.2) is 13.4 Å². The first-order valence-corrected chi connectivity index (χ1v) is 3.97. The van der Waals surface area contributed by atoms with Crippen molar-refractivity contribution < 1.29 is 12.8 Å². The van der Waals surface area contributed by atoms with Gasteiger partial charge in [-0.15, -0.1) is 0 Å². The van der Waals surface area contributed by atoms with E-state index in [-0.39, 0.29) is 0 Å². The molecular weight excluding hydrogens is 166 g/mol. The molecule has 0 fully saturated rings. The summed E-state index contributed by atoms with van der Waals surface area (Å²) in [7, 11) is 0.164. The smallest absolute Gasteiger partial charge is 0.211 e. The number of rotatable bonds is 1. The van der Waals surface area contributed by atoms with Crippen molar-refractivity contribution in [1.29, 1.82) is 0 Å². The molecule has 0 amide bonds. The molecule has 1 unspecified atom stereocenters. The van der Waals surface area contributed by atoms with E-state index in [1.165, 1.54) is 0 Å². The lowest BCUT2D eigenvalue weighted by Gasteiger charge is -1.86. The summed E-state index contributed by atoms with van der Waals surface area (Å²) in [5.74, 6) is 0. The van der Waals surface area contributed by atoms with Crippen molar-refractivity contribution in [2.75, 3.05) is 0 Å². The Morgan fingerprint density at radius 1 is 1.57 bits per heavy atom. The molecule has 7 heavy (non-hydrogen) atoms. The van der Waals surface area contributed by atoms with E-state index in [0.29, 0.717) is 0 Å². The summed E-state index contributed by atoms with van der Waals surface area (Å²) in [5.41, 5.74) is 0. The summed E-state index contributed by atoms with van der Waals surface area (Å²) >= 11 is 4.37. The Morgan fingerprint density at radius 3 is 1.71 bits per heavy atom. The molecule has 0 aliphatic heterocycles. The number of alkyl halides is 2. The minimum Gasteiger partial charge on any atom is -0.211 e. The van der Waals surface area contributed by atoms with Crippen molar-refractivity contribution in [3.63, 3.8) is 0 Å². The summed E-state index contributed by atoms with van der Waals surface area (Å²) in [5, 5.41) is 0. The maximum atomic E-state index is 11.3. The van der Waals surface area contributed by atoms with E-state index in [0.717, 1.165) is 0 Å².